The van der Waals surface area contributed by atoms with Crippen molar-refractivity contribution in [3.05, 3.63) is 0 Å². The van der Waals surface area contributed by atoms with Crippen LogP contribution in [-0.2, 0) is 4.79 Å². The molecule has 1 radical (unpaired) electrons. The molecule has 2 bridgehead atoms. The Hall–Kier alpha value is -0.370. The third-order valence-corrected chi connectivity index (χ3v) is 3.29. The van der Waals surface area contributed by atoms with Crippen LogP contribution < -0.4 is 4.90 Å². The Labute approximate surface area is 73.9 Å². The molecule has 1 unspecified atom stereocenters. The summed E-state index contributed by atoms with van der Waals surface area (Å²) in [7, 11) is 0. The Morgan fingerprint density at radius 2 is 2.08 bits per heavy atom. The van der Waals surface area contributed by atoms with Crippen LogP contribution in [0.25, 0.3) is 0 Å². The molecule has 67 valence electrons. The lowest BCUT2D eigenvalue weighted by molar-refractivity contribution is -0.118. The molecule has 3 fully saturated rings. The monoisotopic (exact) mass is 167 g/mol. The second kappa shape index (κ2) is 3.17. The van der Waals surface area contributed by atoms with Crippen molar-refractivity contribution in [1.82, 2.24) is 4.90 Å². The fourth-order valence-corrected chi connectivity index (χ4v) is 2.63. The zero-order chi connectivity index (χ0) is 8.55. The van der Waals surface area contributed by atoms with Crippen LogP contribution in [-0.4, -0.2) is 24.9 Å². The van der Waals surface area contributed by atoms with Gasteiger partial charge in [0.15, 0.2) is 0 Å². The Balaban J connectivity index is 1.95. The summed E-state index contributed by atoms with van der Waals surface area (Å²) in [5, 5.41) is 0. The smallest absolute Gasteiger partial charge is 0.139 e. The minimum Gasteiger partial charge on any atom is -0.300 e. The van der Waals surface area contributed by atoms with Crippen LogP contribution >= 0.6 is 0 Å². The van der Waals surface area contributed by atoms with Crippen LogP contribution in [0, 0.1) is 5.92 Å². The Kier molecular flexibility index (Phi) is 2.18. The van der Waals surface area contributed by atoms with Crippen LogP contribution in [0.1, 0.15) is 32.6 Å². The van der Waals surface area contributed by atoms with E-state index in [0.29, 0.717) is 11.8 Å². The highest BCUT2D eigenvalue weighted by Crippen LogP contribution is 2.31. The Morgan fingerprint density at radius 3 is 2.50 bits per heavy atom. The molecule has 0 aliphatic carbocycles. The summed E-state index contributed by atoms with van der Waals surface area (Å²) in [6.45, 7) is 4.19. The van der Waals surface area contributed by atoms with Crippen molar-refractivity contribution in [2.24, 2.45) is 5.92 Å². The van der Waals surface area contributed by atoms with Crippen LogP contribution in [0.15, 0.2) is 0 Å². The topological polar surface area (TPSA) is 23.0 Å². The fourth-order valence-electron chi connectivity index (χ4n) is 2.63. The van der Waals surface area contributed by atoms with Gasteiger partial charge in [0, 0.05) is 19.3 Å². The average Bonchev–Trinajstić information content (AvgIpc) is 2.05. The van der Waals surface area contributed by atoms with Gasteiger partial charge in [0.25, 0.3) is 0 Å². The molecule has 2 heteroatoms. The molecule has 0 spiro atoms. The third-order valence-electron chi connectivity index (χ3n) is 3.29. The highest BCUT2D eigenvalue weighted by atomic mass is 16.1. The number of piperidine rings is 3. The molecule has 0 amide bonds. The predicted octanol–water partition coefficient (Wildman–Crippen LogP) is 1.29. The molecule has 1 atom stereocenters. The standard InChI is InChI=1S/C10H17NO/c1-8(12)6-10-7-9-2-4-11(10)5-3-9/h9-10H,2-7H2,1H3/q+1. The first-order valence-corrected chi connectivity index (χ1v) is 4.99. The van der Waals surface area contributed by atoms with Gasteiger partial charge in [-0.3, -0.25) is 4.79 Å². The molecule has 0 aromatic rings. The minimum absolute atomic E-state index is 0.354. The minimum atomic E-state index is 0.354. The predicted molar refractivity (Wildman–Crippen MR) is 48.3 cm³/mol. The lowest BCUT2D eigenvalue weighted by atomic mass is 9.82. The van der Waals surface area contributed by atoms with Gasteiger partial charge in [0.05, 0.1) is 6.42 Å². The molecule has 3 saturated heterocycles. The number of fused-ring (bicyclic) bond motifs is 3. The molecular weight excluding hydrogens is 150 g/mol. The number of nitrogens with zero attached hydrogens (tertiary/aromatic N) is 1. The first-order chi connectivity index (χ1) is 5.75. The summed E-state index contributed by atoms with van der Waals surface area (Å²) < 4.78 is 0. The number of rotatable bonds is 2. The highest BCUT2D eigenvalue weighted by molar-refractivity contribution is 5.76. The normalized spacial score (nSPS) is 39.9. The van der Waals surface area contributed by atoms with E-state index in [9.17, 15) is 4.79 Å². The molecular formula is C10H17NO+. The number of hydrogen-bond donors (Lipinski definition) is 0. The molecule has 0 aromatic heterocycles. The molecule has 3 heterocycles. The van der Waals surface area contributed by atoms with E-state index in [-0.39, 0.29) is 0 Å². The Morgan fingerprint density at radius 1 is 1.42 bits per heavy atom. The van der Waals surface area contributed by atoms with E-state index >= 15 is 0 Å². The number of ketones is 1. The first kappa shape index (κ1) is 8.24. The van der Waals surface area contributed by atoms with Crippen molar-refractivity contribution in [1.29, 1.82) is 0 Å². The second-order valence-electron chi connectivity index (χ2n) is 4.28. The zero-order valence-corrected chi connectivity index (χ0v) is 7.75. The number of carbonyl (C=O) groups is 1. The van der Waals surface area contributed by atoms with Crippen LogP contribution in [0.2, 0.25) is 0 Å². The van der Waals surface area contributed by atoms with Crippen molar-refractivity contribution < 1.29 is 4.79 Å². The number of hydrogen-bond acceptors (Lipinski definition) is 2. The summed E-state index contributed by atoms with van der Waals surface area (Å²) in [5.74, 6) is 1.28. The molecule has 3 aliphatic rings. The maximum absolute atomic E-state index is 11.0. The highest BCUT2D eigenvalue weighted by Gasteiger charge is 2.41. The van der Waals surface area contributed by atoms with E-state index in [1.807, 2.05) is 0 Å². The van der Waals surface area contributed by atoms with Gasteiger partial charge in [-0.15, -0.1) is 0 Å². The summed E-state index contributed by atoms with van der Waals surface area (Å²) >= 11 is 0. The van der Waals surface area contributed by atoms with E-state index in [0.717, 1.165) is 12.3 Å². The number of Topliss-reactive ketones (excluding diaryl/α,β-unsaturated/α-hetero) is 1. The zero-order valence-electron chi connectivity index (χ0n) is 7.75. The van der Waals surface area contributed by atoms with Crippen molar-refractivity contribution in [3.8, 4) is 0 Å². The van der Waals surface area contributed by atoms with Gasteiger partial charge < -0.3 is 0 Å². The molecule has 2 nitrogen and oxygen atoms in total. The lowest BCUT2D eigenvalue weighted by Crippen LogP contribution is -2.53. The fraction of sp³-hybridized carbons (Fsp3) is 0.900. The van der Waals surface area contributed by atoms with Crippen molar-refractivity contribution in [3.63, 3.8) is 0 Å². The molecule has 12 heavy (non-hydrogen) atoms. The van der Waals surface area contributed by atoms with Gasteiger partial charge >= 0.3 is 0 Å². The molecule has 0 aromatic carbocycles. The van der Waals surface area contributed by atoms with E-state index < -0.39 is 0 Å². The van der Waals surface area contributed by atoms with Crippen molar-refractivity contribution in [2.75, 3.05) is 13.1 Å². The maximum atomic E-state index is 11.0. The average molecular weight is 167 g/mol. The molecule has 3 aliphatic heterocycles. The summed E-state index contributed by atoms with van der Waals surface area (Å²) in [6, 6.07) is 0.593. The van der Waals surface area contributed by atoms with E-state index in [1.165, 1.54) is 32.4 Å². The van der Waals surface area contributed by atoms with Gasteiger partial charge in [-0.2, -0.15) is 4.90 Å². The SMILES string of the molecule is CC(=O)CC1CC2CC[N+]1CC2. The largest absolute Gasteiger partial charge is 0.300 e. The lowest BCUT2D eigenvalue weighted by Gasteiger charge is -2.36. The van der Waals surface area contributed by atoms with Gasteiger partial charge in [0.2, 0.25) is 0 Å². The summed E-state index contributed by atoms with van der Waals surface area (Å²) in [5.41, 5.74) is 0. The van der Waals surface area contributed by atoms with Crippen molar-refractivity contribution >= 4 is 5.78 Å². The molecule has 0 N–H and O–H groups in total. The first-order valence-electron chi connectivity index (χ1n) is 4.99. The van der Waals surface area contributed by atoms with Crippen molar-refractivity contribution in [2.45, 2.75) is 38.6 Å². The van der Waals surface area contributed by atoms with Crippen LogP contribution in [0.4, 0.5) is 0 Å². The van der Waals surface area contributed by atoms with E-state index in [4.69, 9.17) is 0 Å². The van der Waals surface area contributed by atoms with Gasteiger partial charge in [0.1, 0.15) is 24.9 Å². The van der Waals surface area contributed by atoms with Crippen LogP contribution in [0.5, 0.6) is 0 Å². The Bertz CT molecular complexity index is 182. The summed E-state index contributed by atoms with van der Waals surface area (Å²) in [6.07, 6.45) is 4.80. The van der Waals surface area contributed by atoms with E-state index in [1.54, 1.807) is 6.92 Å². The van der Waals surface area contributed by atoms with Gasteiger partial charge in [-0.05, 0) is 12.8 Å². The van der Waals surface area contributed by atoms with Gasteiger partial charge in [-0.1, -0.05) is 0 Å². The van der Waals surface area contributed by atoms with Gasteiger partial charge in [-0.25, -0.2) is 0 Å². The molecule has 3 rings (SSSR count). The molecule has 0 saturated carbocycles. The second-order valence-corrected chi connectivity index (χ2v) is 4.28. The quantitative estimate of drug-likeness (QED) is 0.568. The summed E-state index contributed by atoms with van der Waals surface area (Å²) in [4.78, 5) is 13.5. The number of carbonyl (C=O) groups excluding carboxylic acids is 1. The van der Waals surface area contributed by atoms with E-state index in [2.05, 4.69) is 4.90 Å². The maximum Gasteiger partial charge on any atom is 0.139 e. The van der Waals surface area contributed by atoms with Crippen LogP contribution in [0.3, 0.4) is 0 Å². The third kappa shape index (κ3) is 1.53.